The van der Waals surface area contributed by atoms with Gasteiger partial charge in [-0.2, -0.15) is 13.2 Å². The molecule has 2 bridgehead atoms. The van der Waals surface area contributed by atoms with Crippen LogP contribution in [0.2, 0.25) is 0 Å². The van der Waals surface area contributed by atoms with Gasteiger partial charge < -0.3 is 15.0 Å². The number of halogens is 3. The number of carbonyl (C=O) groups excluding carboxylic acids is 1. The van der Waals surface area contributed by atoms with Crippen molar-refractivity contribution in [2.45, 2.75) is 69.9 Å². The molecule has 0 radical (unpaired) electrons. The Bertz CT molecular complexity index is 1270. The van der Waals surface area contributed by atoms with Crippen molar-refractivity contribution < 1.29 is 22.7 Å². The summed E-state index contributed by atoms with van der Waals surface area (Å²) in [5, 5.41) is 3.62. The number of hydrogen-bond acceptors (Lipinski definition) is 7. The maximum absolute atomic E-state index is 13.2. The molecule has 1 N–H and O–H groups in total. The topological polar surface area (TPSA) is 80.2 Å². The molecule has 37 heavy (non-hydrogen) atoms. The number of thiazole rings is 1. The van der Waals surface area contributed by atoms with Gasteiger partial charge >= 0.3 is 6.18 Å². The summed E-state index contributed by atoms with van der Waals surface area (Å²) in [5.74, 6) is -0.990. The Labute approximate surface area is 217 Å². The summed E-state index contributed by atoms with van der Waals surface area (Å²) in [5.41, 5.74) is 1.53. The molecule has 2 saturated heterocycles. The lowest BCUT2D eigenvalue weighted by Gasteiger charge is -2.36. The molecule has 3 aromatic rings. The minimum Gasteiger partial charge on any atom is -0.490 e. The van der Waals surface area contributed by atoms with Crippen LogP contribution in [0.5, 0.6) is 5.75 Å². The number of carbonyl (C=O) groups is 1. The molecule has 2 aliphatic heterocycles. The van der Waals surface area contributed by atoms with Crippen LogP contribution in [0.4, 0.5) is 13.2 Å². The molecular weight excluding hydrogens is 503 g/mol. The van der Waals surface area contributed by atoms with E-state index in [4.69, 9.17) is 4.74 Å². The third-order valence-corrected chi connectivity index (χ3v) is 8.13. The Morgan fingerprint density at radius 2 is 1.78 bits per heavy atom. The quantitative estimate of drug-likeness (QED) is 0.458. The predicted octanol–water partition coefficient (Wildman–Crippen LogP) is 5.42. The number of aromatic nitrogens is 3. The Balaban J connectivity index is 1.37. The third-order valence-electron chi connectivity index (χ3n) is 7.17. The number of benzene rings is 1. The van der Waals surface area contributed by atoms with Crippen molar-refractivity contribution in [2.24, 2.45) is 0 Å². The number of rotatable bonds is 6. The maximum atomic E-state index is 13.2. The Morgan fingerprint density at radius 1 is 1.11 bits per heavy atom. The van der Waals surface area contributed by atoms with Crippen molar-refractivity contribution in [3.05, 3.63) is 58.6 Å². The Hall–Kier alpha value is -3.05. The van der Waals surface area contributed by atoms with E-state index in [9.17, 15) is 18.0 Å². The molecule has 4 heterocycles. The van der Waals surface area contributed by atoms with E-state index in [0.29, 0.717) is 29.0 Å². The number of alkyl halides is 3. The minimum absolute atomic E-state index is 0.0705. The van der Waals surface area contributed by atoms with Crippen LogP contribution in [-0.4, -0.2) is 51.0 Å². The van der Waals surface area contributed by atoms with Gasteiger partial charge in [0.05, 0.1) is 6.04 Å². The number of nitrogens with zero attached hydrogens (tertiary/aromatic N) is 4. The average molecular weight is 532 g/mol. The molecule has 0 spiro atoms. The zero-order chi connectivity index (χ0) is 26.3. The van der Waals surface area contributed by atoms with E-state index in [1.807, 2.05) is 13.0 Å². The fraction of sp³-hybridized carbons (Fsp3) is 0.462. The lowest BCUT2D eigenvalue weighted by atomic mass is 10.0. The number of hydrogen-bond donors (Lipinski definition) is 1. The third kappa shape index (κ3) is 5.62. The summed E-state index contributed by atoms with van der Waals surface area (Å²) in [6.07, 6.45) is 3.65. The van der Waals surface area contributed by atoms with Crippen LogP contribution in [0.15, 0.2) is 36.8 Å². The van der Waals surface area contributed by atoms with E-state index in [-0.39, 0.29) is 12.0 Å². The molecular formula is C26H28F3N5O2S. The second-order valence-electron chi connectivity index (χ2n) is 9.82. The zero-order valence-electron chi connectivity index (χ0n) is 20.7. The van der Waals surface area contributed by atoms with E-state index < -0.39 is 18.0 Å². The maximum Gasteiger partial charge on any atom is 0.451 e. The lowest BCUT2D eigenvalue weighted by Crippen LogP contribution is -2.43. The molecule has 196 valence electrons. The second kappa shape index (κ2) is 10.0. The molecule has 2 aliphatic rings. The number of nitrogens with one attached hydrogen (secondary N) is 1. The molecule has 1 amide bonds. The number of ether oxygens (including phenoxy) is 1. The minimum atomic E-state index is -4.62. The average Bonchev–Trinajstić information content (AvgIpc) is 3.36. The monoisotopic (exact) mass is 531 g/mol. The first-order valence-corrected chi connectivity index (χ1v) is 13.0. The molecule has 2 aromatic heterocycles. The van der Waals surface area contributed by atoms with Crippen molar-refractivity contribution in [3.63, 3.8) is 0 Å². The second-order valence-corrected chi connectivity index (χ2v) is 11.1. The number of piperidine rings is 1. The van der Waals surface area contributed by atoms with Crippen molar-refractivity contribution in [2.75, 3.05) is 7.05 Å². The van der Waals surface area contributed by atoms with E-state index in [1.165, 1.54) is 24.2 Å². The van der Waals surface area contributed by atoms with Gasteiger partial charge in [0.25, 0.3) is 5.91 Å². The first-order chi connectivity index (χ1) is 17.6. The summed E-state index contributed by atoms with van der Waals surface area (Å²) in [6.45, 7) is 3.64. The van der Waals surface area contributed by atoms with Crippen molar-refractivity contribution in [1.29, 1.82) is 0 Å². The first kappa shape index (κ1) is 25.6. The molecule has 2 unspecified atom stereocenters. The van der Waals surface area contributed by atoms with Crippen LogP contribution in [0.1, 0.15) is 65.3 Å². The fourth-order valence-corrected chi connectivity index (χ4v) is 5.88. The summed E-state index contributed by atoms with van der Waals surface area (Å²) < 4.78 is 44.8. The van der Waals surface area contributed by atoms with Crippen molar-refractivity contribution >= 4 is 17.2 Å². The summed E-state index contributed by atoms with van der Waals surface area (Å²) >= 11 is 1.53. The highest BCUT2D eigenvalue weighted by Crippen LogP contribution is 2.37. The van der Waals surface area contributed by atoms with Crippen LogP contribution in [0.25, 0.3) is 10.6 Å². The fourth-order valence-electron chi connectivity index (χ4n) is 5.13. The zero-order valence-corrected chi connectivity index (χ0v) is 21.6. The van der Waals surface area contributed by atoms with Gasteiger partial charge in [0.2, 0.25) is 5.82 Å². The molecule has 2 fully saturated rings. The summed E-state index contributed by atoms with van der Waals surface area (Å²) in [7, 11) is 2.18. The van der Waals surface area contributed by atoms with Crippen LogP contribution in [-0.2, 0) is 6.18 Å². The molecule has 1 aromatic carbocycles. The molecule has 0 saturated carbocycles. The predicted molar refractivity (Wildman–Crippen MR) is 133 cm³/mol. The van der Waals surface area contributed by atoms with Gasteiger partial charge in [-0.3, -0.25) is 4.79 Å². The van der Waals surface area contributed by atoms with Gasteiger partial charge in [0.1, 0.15) is 16.9 Å². The standard InChI is InChI=1S/C26H28F3N5O2S/c1-14-11-30-24(37-14)17-6-16(7-21(8-17)36-22-9-19-4-5-20(10-22)34(19)3)23(35)33-15(2)18-12-31-25(32-13-18)26(27,28)29/h6-8,11-13,15,19-20,22H,4-5,9-10H2,1-3H3,(H,33,35)/t15-,19?,20?,22?/m1/s1. The van der Waals surface area contributed by atoms with E-state index in [2.05, 4.69) is 32.2 Å². The van der Waals surface area contributed by atoms with Crippen LogP contribution in [0.3, 0.4) is 0 Å². The highest BCUT2D eigenvalue weighted by atomic mass is 32.1. The summed E-state index contributed by atoms with van der Waals surface area (Å²) in [4.78, 5) is 28.0. The molecule has 0 aliphatic carbocycles. The van der Waals surface area contributed by atoms with E-state index >= 15 is 0 Å². The molecule has 11 heteroatoms. The smallest absolute Gasteiger partial charge is 0.451 e. The highest BCUT2D eigenvalue weighted by molar-refractivity contribution is 7.14. The van der Waals surface area contributed by atoms with Gasteiger partial charge in [0.15, 0.2) is 0 Å². The van der Waals surface area contributed by atoms with Crippen molar-refractivity contribution in [3.8, 4) is 16.3 Å². The summed E-state index contributed by atoms with van der Waals surface area (Å²) in [6, 6.07) is 5.83. The highest BCUT2D eigenvalue weighted by Gasteiger charge is 2.39. The Morgan fingerprint density at radius 3 is 2.38 bits per heavy atom. The molecule has 5 rings (SSSR count). The van der Waals surface area contributed by atoms with E-state index in [0.717, 1.165) is 40.7 Å². The van der Waals surface area contributed by atoms with Crippen LogP contribution in [0, 0.1) is 6.92 Å². The van der Waals surface area contributed by atoms with Gasteiger partial charge in [-0.15, -0.1) is 11.3 Å². The van der Waals surface area contributed by atoms with Crippen LogP contribution >= 0.6 is 11.3 Å². The number of amides is 1. The SMILES string of the molecule is Cc1cnc(-c2cc(OC3CC4CCC(C3)N4C)cc(C(=O)N[C@H](C)c3cnc(C(F)(F)F)nc3)c2)s1. The normalized spacial score (nSPS) is 22.6. The van der Waals surface area contributed by atoms with Gasteiger partial charge in [0, 0.05) is 52.2 Å². The van der Waals surface area contributed by atoms with E-state index in [1.54, 1.807) is 25.3 Å². The van der Waals surface area contributed by atoms with Crippen LogP contribution < -0.4 is 10.1 Å². The van der Waals surface area contributed by atoms with Gasteiger partial charge in [-0.25, -0.2) is 15.0 Å². The Kier molecular flexibility index (Phi) is 6.93. The number of aryl methyl sites for hydroxylation is 1. The molecule has 3 atom stereocenters. The van der Waals surface area contributed by atoms with Gasteiger partial charge in [-0.1, -0.05) is 0 Å². The van der Waals surface area contributed by atoms with Gasteiger partial charge in [-0.05, 0) is 64.8 Å². The number of fused-ring (bicyclic) bond motifs is 2. The lowest BCUT2D eigenvalue weighted by molar-refractivity contribution is -0.145. The molecule has 7 nitrogen and oxygen atoms in total. The first-order valence-electron chi connectivity index (χ1n) is 12.2. The van der Waals surface area contributed by atoms with Crippen molar-refractivity contribution in [1.82, 2.24) is 25.2 Å². The largest absolute Gasteiger partial charge is 0.490 e.